The third kappa shape index (κ3) is 3.02. The predicted octanol–water partition coefficient (Wildman–Crippen LogP) is 3.90. The predicted molar refractivity (Wildman–Crippen MR) is 95.6 cm³/mol. The molecule has 24 heavy (non-hydrogen) atoms. The Bertz CT molecular complexity index is 902. The number of anilines is 1. The highest BCUT2D eigenvalue weighted by Crippen LogP contribution is 2.23. The van der Waals surface area contributed by atoms with Gasteiger partial charge in [-0.2, -0.15) is 5.10 Å². The molecule has 0 aliphatic heterocycles. The molecule has 2 aromatic heterocycles. The Balaban J connectivity index is 1.95. The molecule has 0 spiro atoms. The molecule has 0 unspecified atom stereocenters. The summed E-state index contributed by atoms with van der Waals surface area (Å²) in [6.07, 6.45) is 1.61. The van der Waals surface area contributed by atoms with Crippen LogP contribution in [-0.4, -0.2) is 20.5 Å². The van der Waals surface area contributed by atoms with Crippen LogP contribution in [0.4, 0.5) is 5.69 Å². The summed E-state index contributed by atoms with van der Waals surface area (Å²) in [7, 11) is 0. The zero-order chi connectivity index (χ0) is 17.5. The lowest BCUT2D eigenvalue weighted by atomic mass is 9.93. The van der Waals surface area contributed by atoms with Crippen molar-refractivity contribution in [1.82, 2.24) is 14.6 Å². The van der Waals surface area contributed by atoms with E-state index in [9.17, 15) is 4.79 Å². The largest absolute Gasteiger partial charge is 0.322 e. The first-order valence-electron chi connectivity index (χ1n) is 7.99. The molecule has 5 nitrogen and oxygen atoms in total. The summed E-state index contributed by atoms with van der Waals surface area (Å²) < 4.78 is 1.74. The lowest BCUT2D eigenvalue weighted by Gasteiger charge is -2.13. The van der Waals surface area contributed by atoms with Gasteiger partial charge in [-0.15, -0.1) is 0 Å². The number of fused-ring (bicyclic) bond motifs is 1. The monoisotopic (exact) mass is 322 g/mol. The highest BCUT2D eigenvalue weighted by molar-refractivity contribution is 6.04. The molecule has 2 heterocycles. The maximum atomic E-state index is 12.6. The molecular weight excluding hydrogens is 300 g/mol. The molecular formula is C19H22N4O. The number of hydrogen-bond donors (Lipinski definition) is 1. The van der Waals surface area contributed by atoms with Crippen LogP contribution in [0.3, 0.4) is 0 Å². The summed E-state index contributed by atoms with van der Waals surface area (Å²) in [5.74, 6) is -0.182. The van der Waals surface area contributed by atoms with E-state index in [1.165, 1.54) is 0 Å². The topological polar surface area (TPSA) is 59.3 Å². The summed E-state index contributed by atoms with van der Waals surface area (Å²) in [6.45, 7) is 10.2. The molecule has 0 atom stereocenters. The van der Waals surface area contributed by atoms with Crippen LogP contribution in [0, 0.1) is 13.8 Å². The van der Waals surface area contributed by atoms with Crippen LogP contribution in [0.1, 0.15) is 48.1 Å². The first-order valence-corrected chi connectivity index (χ1v) is 7.99. The normalized spacial score (nSPS) is 11.7. The highest BCUT2D eigenvalue weighted by atomic mass is 16.1. The second-order valence-corrected chi connectivity index (χ2v) is 7.13. The Kier molecular flexibility index (Phi) is 3.87. The fraction of sp³-hybridized carbons (Fsp3) is 0.316. The minimum atomic E-state index is -0.182. The second kappa shape index (κ2) is 5.74. The molecule has 1 amide bonds. The lowest BCUT2D eigenvalue weighted by molar-refractivity contribution is 0.102. The maximum Gasteiger partial charge on any atom is 0.259 e. The van der Waals surface area contributed by atoms with Crippen molar-refractivity contribution in [2.45, 2.75) is 40.0 Å². The van der Waals surface area contributed by atoms with Crippen molar-refractivity contribution < 1.29 is 4.79 Å². The van der Waals surface area contributed by atoms with Gasteiger partial charge in [-0.05, 0) is 26.0 Å². The molecule has 3 aromatic rings. The average molecular weight is 322 g/mol. The zero-order valence-corrected chi connectivity index (χ0v) is 14.7. The van der Waals surface area contributed by atoms with E-state index in [0.29, 0.717) is 5.56 Å². The van der Waals surface area contributed by atoms with Crippen LogP contribution >= 0.6 is 0 Å². The van der Waals surface area contributed by atoms with Gasteiger partial charge in [0.1, 0.15) is 0 Å². The van der Waals surface area contributed by atoms with Crippen molar-refractivity contribution in [3.63, 3.8) is 0 Å². The summed E-state index contributed by atoms with van der Waals surface area (Å²) in [4.78, 5) is 17.0. The van der Waals surface area contributed by atoms with Gasteiger partial charge in [-0.3, -0.25) is 4.79 Å². The van der Waals surface area contributed by atoms with Crippen LogP contribution in [-0.2, 0) is 5.41 Å². The van der Waals surface area contributed by atoms with Gasteiger partial charge in [0, 0.05) is 23.4 Å². The molecule has 0 aliphatic rings. The summed E-state index contributed by atoms with van der Waals surface area (Å²) in [5.41, 5.74) is 4.86. The summed E-state index contributed by atoms with van der Waals surface area (Å²) >= 11 is 0. The third-order valence-corrected chi connectivity index (χ3v) is 4.05. The number of hydrogen-bond acceptors (Lipinski definition) is 3. The molecule has 0 fully saturated rings. The molecule has 0 saturated carbocycles. The number of amides is 1. The van der Waals surface area contributed by atoms with E-state index in [4.69, 9.17) is 0 Å². The molecule has 3 rings (SSSR count). The fourth-order valence-corrected chi connectivity index (χ4v) is 2.47. The molecule has 1 aromatic carbocycles. The highest BCUT2D eigenvalue weighted by Gasteiger charge is 2.20. The van der Waals surface area contributed by atoms with Crippen LogP contribution < -0.4 is 5.32 Å². The van der Waals surface area contributed by atoms with E-state index >= 15 is 0 Å². The number of aromatic nitrogens is 3. The maximum absolute atomic E-state index is 12.6. The van der Waals surface area contributed by atoms with Crippen LogP contribution in [0.2, 0.25) is 0 Å². The number of benzene rings is 1. The van der Waals surface area contributed by atoms with Crippen molar-refractivity contribution in [2.24, 2.45) is 0 Å². The molecule has 1 N–H and O–H groups in total. The zero-order valence-electron chi connectivity index (χ0n) is 14.7. The first-order chi connectivity index (χ1) is 11.3. The van der Waals surface area contributed by atoms with Crippen LogP contribution in [0.25, 0.3) is 5.65 Å². The lowest BCUT2D eigenvalue weighted by Crippen LogP contribution is -2.16. The van der Waals surface area contributed by atoms with Crippen molar-refractivity contribution in [3.05, 3.63) is 59.0 Å². The Morgan fingerprint density at radius 2 is 1.79 bits per heavy atom. The minimum absolute atomic E-state index is 0.0650. The van der Waals surface area contributed by atoms with E-state index in [-0.39, 0.29) is 11.3 Å². The van der Waals surface area contributed by atoms with Crippen molar-refractivity contribution in [2.75, 3.05) is 5.32 Å². The standard InChI is InChI=1S/C19H22N4O/c1-12-6-8-14(9-7-12)21-18(24)15-11-20-17-10-16(19(3,4)5)22-23(17)13(15)2/h6-11H,1-5H3,(H,21,24). The number of carbonyl (C=O) groups is 1. The molecule has 124 valence electrons. The van der Waals surface area contributed by atoms with Crippen LogP contribution in [0.15, 0.2) is 36.5 Å². The minimum Gasteiger partial charge on any atom is -0.322 e. The van der Waals surface area contributed by atoms with E-state index in [2.05, 4.69) is 36.2 Å². The fourth-order valence-electron chi connectivity index (χ4n) is 2.47. The van der Waals surface area contributed by atoms with E-state index in [1.54, 1.807) is 10.7 Å². The Morgan fingerprint density at radius 1 is 1.12 bits per heavy atom. The molecule has 0 radical (unpaired) electrons. The summed E-state index contributed by atoms with van der Waals surface area (Å²) in [6, 6.07) is 9.68. The van der Waals surface area contributed by atoms with Gasteiger partial charge in [0.2, 0.25) is 0 Å². The molecule has 0 aliphatic carbocycles. The van der Waals surface area contributed by atoms with Gasteiger partial charge < -0.3 is 5.32 Å². The Hall–Kier alpha value is -2.69. The molecule has 5 heteroatoms. The van der Waals surface area contributed by atoms with Crippen molar-refractivity contribution in [3.8, 4) is 0 Å². The molecule has 0 bridgehead atoms. The Labute approximate surface area is 141 Å². The van der Waals surface area contributed by atoms with Gasteiger partial charge in [0.05, 0.1) is 17.0 Å². The Morgan fingerprint density at radius 3 is 2.42 bits per heavy atom. The van der Waals surface area contributed by atoms with Gasteiger partial charge in [0.15, 0.2) is 5.65 Å². The number of nitrogens with zero attached hydrogens (tertiary/aromatic N) is 3. The van der Waals surface area contributed by atoms with Crippen molar-refractivity contribution in [1.29, 1.82) is 0 Å². The van der Waals surface area contributed by atoms with Crippen molar-refractivity contribution >= 4 is 17.2 Å². The summed E-state index contributed by atoms with van der Waals surface area (Å²) in [5, 5.41) is 7.53. The number of carbonyl (C=O) groups excluding carboxylic acids is 1. The van der Waals surface area contributed by atoms with Crippen LogP contribution in [0.5, 0.6) is 0 Å². The first kappa shape index (κ1) is 16.2. The van der Waals surface area contributed by atoms with Gasteiger partial charge >= 0.3 is 0 Å². The number of aryl methyl sites for hydroxylation is 2. The van der Waals surface area contributed by atoms with E-state index in [0.717, 1.165) is 28.3 Å². The average Bonchev–Trinajstić information content (AvgIpc) is 2.95. The number of rotatable bonds is 2. The third-order valence-electron chi connectivity index (χ3n) is 4.05. The van der Waals surface area contributed by atoms with E-state index in [1.807, 2.05) is 44.2 Å². The van der Waals surface area contributed by atoms with E-state index < -0.39 is 0 Å². The molecule has 0 saturated heterocycles. The SMILES string of the molecule is Cc1ccc(NC(=O)c2cnc3cc(C(C)(C)C)nn3c2C)cc1. The van der Waals surface area contributed by atoms with Gasteiger partial charge in [0.25, 0.3) is 5.91 Å². The van der Waals surface area contributed by atoms with Gasteiger partial charge in [-0.1, -0.05) is 38.5 Å². The smallest absolute Gasteiger partial charge is 0.259 e. The number of nitrogens with one attached hydrogen (secondary N) is 1. The second-order valence-electron chi connectivity index (χ2n) is 7.13. The quantitative estimate of drug-likeness (QED) is 0.778. The van der Waals surface area contributed by atoms with Gasteiger partial charge in [-0.25, -0.2) is 9.50 Å².